The smallest absolute Gasteiger partial charge is 0.184 e. The molecule has 1 aromatic carbocycles. The first-order chi connectivity index (χ1) is 9.80. The van der Waals surface area contributed by atoms with Gasteiger partial charge in [-0.15, -0.1) is 0 Å². The fourth-order valence-electron chi connectivity index (χ4n) is 2.75. The van der Waals surface area contributed by atoms with Crippen LogP contribution >= 0.6 is 23.1 Å². The number of rotatable bonds is 5. The third-order valence-electron chi connectivity index (χ3n) is 3.74. The van der Waals surface area contributed by atoms with Crippen LogP contribution in [-0.2, 0) is 0 Å². The highest BCUT2D eigenvalue weighted by atomic mass is 32.2. The summed E-state index contributed by atoms with van der Waals surface area (Å²) in [6.45, 7) is 2.71. The summed E-state index contributed by atoms with van der Waals surface area (Å²) in [5.41, 5.74) is 1.06. The summed E-state index contributed by atoms with van der Waals surface area (Å²) in [5, 5.41) is 5.39. The molecule has 3 rings (SSSR count). The van der Waals surface area contributed by atoms with Gasteiger partial charge in [-0.2, -0.15) is 11.8 Å². The van der Waals surface area contributed by atoms with E-state index in [4.69, 9.17) is 4.74 Å². The number of thiazole rings is 1. The lowest BCUT2D eigenvalue weighted by Gasteiger charge is -2.18. The molecule has 2 atom stereocenters. The number of anilines is 1. The molecular formula is C15H20N2OS2. The first-order valence-corrected chi connectivity index (χ1v) is 9.23. The first-order valence-electron chi connectivity index (χ1n) is 7.13. The van der Waals surface area contributed by atoms with Crippen molar-refractivity contribution in [3.05, 3.63) is 18.2 Å². The van der Waals surface area contributed by atoms with Crippen molar-refractivity contribution in [2.24, 2.45) is 0 Å². The van der Waals surface area contributed by atoms with E-state index in [1.54, 1.807) is 11.3 Å². The Bertz CT molecular complexity index is 584. The van der Waals surface area contributed by atoms with Crippen LogP contribution in [0.15, 0.2) is 18.2 Å². The zero-order chi connectivity index (χ0) is 13.9. The minimum Gasteiger partial charge on any atom is -0.494 e. The second kappa shape index (κ2) is 6.22. The number of hydrogen-bond acceptors (Lipinski definition) is 5. The van der Waals surface area contributed by atoms with E-state index in [0.29, 0.717) is 12.6 Å². The fourth-order valence-corrected chi connectivity index (χ4v) is 4.65. The normalized spacial score (nSPS) is 22.3. The topological polar surface area (TPSA) is 34.1 Å². The molecule has 0 aliphatic heterocycles. The Kier molecular flexibility index (Phi) is 4.36. The maximum Gasteiger partial charge on any atom is 0.184 e. The zero-order valence-electron chi connectivity index (χ0n) is 11.9. The van der Waals surface area contributed by atoms with Crippen LogP contribution in [0.4, 0.5) is 5.13 Å². The SMILES string of the molecule is CCOc1ccc2nc(NC3CCCC3SC)sc2c1. The second-order valence-electron chi connectivity index (χ2n) is 5.04. The second-order valence-corrected chi connectivity index (χ2v) is 7.15. The van der Waals surface area contributed by atoms with Crippen molar-refractivity contribution in [3.63, 3.8) is 0 Å². The van der Waals surface area contributed by atoms with Gasteiger partial charge < -0.3 is 10.1 Å². The average Bonchev–Trinajstić information content (AvgIpc) is 3.04. The zero-order valence-corrected chi connectivity index (χ0v) is 13.5. The Labute approximate surface area is 128 Å². The van der Waals surface area contributed by atoms with E-state index in [1.165, 1.54) is 24.0 Å². The van der Waals surface area contributed by atoms with E-state index in [0.717, 1.165) is 21.6 Å². The molecule has 1 aliphatic rings. The van der Waals surface area contributed by atoms with Crippen LogP contribution in [0.2, 0.25) is 0 Å². The van der Waals surface area contributed by atoms with Crippen molar-refractivity contribution in [2.75, 3.05) is 18.2 Å². The molecule has 108 valence electrons. The van der Waals surface area contributed by atoms with E-state index in [2.05, 4.69) is 22.6 Å². The van der Waals surface area contributed by atoms with Gasteiger partial charge in [-0.25, -0.2) is 4.98 Å². The number of hydrogen-bond donors (Lipinski definition) is 1. The van der Waals surface area contributed by atoms with Gasteiger partial charge in [0.05, 0.1) is 16.8 Å². The molecule has 1 saturated carbocycles. The summed E-state index contributed by atoms with van der Waals surface area (Å²) >= 11 is 3.70. The van der Waals surface area contributed by atoms with Gasteiger partial charge in [0.2, 0.25) is 0 Å². The Morgan fingerprint density at radius 3 is 3.15 bits per heavy atom. The molecule has 1 aromatic heterocycles. The molecule has 1 N–H and O–H groups in total. The van der Waals surface area contributed by atoms with Crippen molar-refractivity contribution in [1.82, 2.24) is 4.98 Å². The molecule has 5 heteroatoms. The minimum absolute atomic E-state index is 0.567. The van der Waals surface area contributed by atoms with E-state index < -0.39 is 0 Å². The van der Waals surface area contributed by atoms with Crippen molar-refractivity contribution in [3.8, 4) is 5.75 Å². The highest BCUT2D eigenvalue weighted by Gasteiger charge is 2.27. The van der Waals surface area contributed by atoms with Crippen LogP contribution in [0.25, 0.3) is 10.2 Å². The van der Waals surface area contributed by atoms with Crippen LogP contribution in [-0.4, -0.2) is 29.1 Å². The number of nitrogens with zero attached hydrogens (tertiary/aromatic N) is 1. The number of nitrogens with one attached hydrogen (secondary N) is 1. The summed E-state index contributed by atoms with van der Waals surface area (Å²) in [5.74, 6) is 0.929. The summed E-state index contributed by atoms with van der Waals surface area (Å²) in [7, 11) is 0. The summed E-state index contributed by atoms with van der Waals surface area (Å²) < 4.78 is 6.74. The molecular weight excluding hydrogens is 288 g/mol. The molecule has 2 unspecified atom stereocenters. The van der Waals surface area contributed by atoms with Crippen LogP contribution in [0.5, 0.6) is 5.75 Å². The molecule has 0 spiro atoms. The molecule has 1 heterocycles. The number of thioether (sulfide) groups is 1. The van der Waals surface area contributed by atoms with Crippen molar-refractivity contribution in [2.45, 2.75) is 37.5 Å². The van der Waals surface area contributed by atoms with E-state index in [-0.39, 0.29) is 0 Å². The fraction of sp³-hybridized carbons (Fsp3) is 0.533. The van der Waals surface area contributed by atoms with Gasteiger partial charge in [0.25, 0.3) is 0 Å². The Morgan fingerprint density at radius 2 is 2.35 bits per heavy atom. The van der Waals surface area contributed by atoms with E-state index in [1.807, 2.05) is 30.8 Å². The monoisotopic (exact) mass is 308 g/mol. The standard InChI is InChI=1S/C15H20N2OS2/c1-3-18-10-7-8-12-14(9-10)20-15(17-12)16-11-5-4-6-13(11)19-2/h7-9,11,13H,3-6H2,1-2H3,(H,16,17). The molecule has 3 nitrogen and oxygen atoms in total. The molecule has 0 amide bonds. The van der Waals surface area contributed by atoms with Crippen LogP contribution in [0, 0.1) is 0 Å². The molecule has 1 fully saturated rings. The highest BCUT2D eigenvalue weighted by Crippen LogP contribution is 2.34. The Balaban J connectivity index is 1.78. The number of fused-ring (bicyclic) bond motifs is 1. The van der Waals surface area contributed by atoms with Gasteiger partial charge in [0.1, 0.15) is 5.75 Å². The lowest BCUT2D eigenvalue weighted by atomic mass is 10.2. The van der Waals surface area contributed by atoms with Gasteiger partial charge >= 0.3 is 0 Å². The largest absolute Gasteiger partial charge is 0.494 e. The predicted molar refractivity (Wildman–Crippen MR) is 89.4 cm³/mol. The Morgan fingerprint density at radius 1 is 1.45 bits per heavy atom. The van der Waals surface area contributed by atoms with E-state index >= 15 is 0 Å². The summed E-state index contributed by atoms with van der Waals surface area (Å²) in [6.07, 6.45) is 6.10. The number of aromatic nitrogens is 1. The quantitative estimate of drug-likeness (QED) is 0.888. The van der Waals surface area contributed by atoms with E-state index in [9.17, 15) is 0 Å². The molecule has 0 bridgehead atoms. The molecule has 0 radical (unpaired) electrons. The lowest BCUT2D eigenvalue weighted by Crippen LogP contribution is -2.25. The van der Waals surface area contributed by atoms with Gasteiger partial charge in [-0.3, -0.25) is 0 Å². The summed E-state index contributed by atoms with van der Waals surface area (Å²) in [6, 6.07) is 6.69. The number of ether oxygens (including phenoxy) is 1. The van der Waals surface area contributed by atoms with Gasteiger partial charge in [0.15, 0.2) is 5.13 Å². The van der Waals surface area contributed by atoms with Crippen molar-refractivity contribution >= 4 is 38.4 Å². The summed E-state index contributed by atoms with van der Waals surface area (Å²) in [4.78, 5) is 4.69. The van der Waals surface area contributed by atoms with Crippen molar-refractivity contribution < 1.29 is 4.74 Å². The maximum atomic E-state index is 5.55. The third-order valence-corrected chi connectivity index (χ3v) is 5.85. The molecule has 20 heavy (non-hydrogen) atoms. The van der Waals surface area contributed by atoms with Crippen LogP contribution < -0.4 is 10.1 Å². The lowest BCUT2D eigenvalue weighted by molar-refractivity contribution is 0.341. The predicted octanol–water partition coefficient (Wildman–Crippen LogP) is 4.39. The highest BCUT2D eigenvalue weighted by molar-refractivity contribution is 7.99. The number of benzene rings is 1. The van der Waals surface area contributed by atoms with Crippen molar-refractivity contribution in [1.29, 1.82) is 0 Å². The molecule has 0 saturated heterocycles. The van der Waals surface area contributed by atoms with Gasteiger partial charge in [-0.05, 0) is 44.2 Å². The first kappa shape index (κ1) is 14.0. The average molecular weight is 308 g/mol. The third kappa shape index (κ3) is 2.88. The van der Waals surface area contributed by atoms with Gasteiger partial charge in [-0.1, -0.05) is 17.8 Å². The minimum atomic E-state index is 0.567. The van der Waals surface area contributed by atoms with Crippen LogP contribution in [0.3, 0.4) is 0 Å². The van der Waals surface area contributed by atoms with Gasteiger partial charge in [0, 0.05) is 11.3 Å². The molecule has 1 aliphatic carbocycles. The molecule has 2 aromatic rings. The van der Waals surface area contributed by atoms with Crippen LogP contribution in [0.1, 0.15) is 26.2 Å². The maximum absolute atomic E-state index is 5.55. The Hall–Kier alpha value is -0.940.